The molecule has 1 N–H and O–H groups in total. The Hall–Kier alpha value is -1.24. The summed E-state index contributed by atoms with van der Waals surface area (Å²) in [5.41, 5.74) is 4.23. The molecule has 0 unspecified atom stereocenters. The van der Waals surface area contributed by atoms with Gasteiger partial charge in [-0.1, -0.05) is 45.9 Å². The molecular formula is C14H19N. The molecule has 0 saturated carbocycles. The minimum absolute atomic E-state index is 0.198. The quantitative estimate of drug-likeness (QED) is 0.717. The van der Waals surface area contributed by atoms with Crippen LogP contribution >= 0.6 is 0 Å². The lowest BCUT2D eigenvalue weighted by molar-refractivity contribution is 0.574. The predicted octanol–water partition coefficient (Wildman–Crippen LogP) is 4.03. The fraction of sp³-hybridized carbons (Fsp3) is 0.429. The molecule has 0 fully saturated rings. The number of benzene rings is 1. The fourth-order valence-electron chi connectivity index (χ4n) is 1.92. The molecule has 0 amide bonds. The first-order valence-electron chi connectivity index (χ1n) is 5.63. The first kappa shape index (κ1) is 10.3. The Balaban J connectivity index is 2.65. The predicted molar refractivity (Wildman–Crippen MR) is 66.4 cm³/mol. The SMILES string of the molecule is CCc1cccc2cc(C(C)(C)C)[nH]c12. The lowest BCUT2D eigenvalue weighted by atomic mass is 9.92. The van der Waals surface area contributed by atoms with Gasteiger partial charge in [-0.3, -0.25) is 0 Å². The summed E-state index contributed by atoms with van der Waals surface area (Å²) in [6.07, 6.45) is 1.08. The van der Waals surface area contributed by atoms with Gasteiger partial charge in [0, 0.05) is 16.6 Å². The zero-order valence-corrected chi connectivity index (χ0v) is 10.0. The van der Waals surface area contributed by atoms with Crippen molar-refractivity contribution in [2.24, 2.45) is 0 Å². The van der Waals surface area contributed by atoms with Crippen LogP contribution in [0.4, 0.5) is 0 Å². The lowest BCUT2D eigenvalue weighted by Crippen LogP contribution is -2.11. The van der Waals surface area contributed by atoms with Crippen LogP contribution in [-0.2, 0) is 11.8 Å². The highest BCUT2D eigenvalue weighted by atomic mass is 14.7. The van der Waals surface area contributed by atoms with Crippen LogP contribution in [0.2, 0.25) is 0 Å². The third kappa shape index (κ3) is 1.79. The molecule has 80 valence electrons. The normalized spacial score (nSPS) is 12.3. The van der Waals surface area contributed by atoms with E-state index in [1.165, 1.54) is 22.2 Å². The van der Waals surface area contributed by atoms with Crippen molar-refractivity contribution in [3.63, 3.8) is 0 Å². The number of nitrogens with one attached hydrogen (secondary N) is 1. The molecule has 0 aliphatic rings. The maximum Gasteiger partial charge on any atom is 0.0488 e. The van der Waals surface area contributed by atoms with Gasteiger partial charge in [-0.25, -0.2) is 0 Å². The van der Waals surface area contributed by atoms with E-state index in [4.69, 9.17) is 0 Å². The highest BCUT2D eigenvalue weighted by molar-refractivity contribution is 5.83. The summed E-state index contributed by atoms with van der Waals surface area (Å²) in [6.45, 7) is 8.92. The molecule has 0 saturated heterocycles. The van der Waals surface area contributed by atoms with Gasteiger partial charge in [0.05, 0.1) is 0 Å². The van der Waals surface area contributed by atoms with Crippen molar-refractivity contribution in [3.8, 4) is 0 Å². The van der Waals surface area contributed by atoms with Crippen LogP contribution in [0.1, 0.15) is 39.0 Å². The molecule has 1 aromatic carbocycles. The van der Waals surface area contributed by atoms with Crippen molar-refractivity contribution >= 4 is 10.9 Å². The fourth-order valence-corrected chi connectivity index (χ4v) is 1.92. The third-order valence-corrected chi connectivity index (χ3v) is 2.93. The van der Waals surface area contributed by atoms with Crippen LogP contribution in [0.5, 0.6) is 0 Å². The van der Waals surface area contributed by atoms with Crippen LogP contribution in [-0.4, -0.2) is 4.98 Å². The summed E-state index contributed by atoms with van der Waals surface area (Å²) in [6, 6.07) is 8.79. The minimum Gasteiger partial charge on any atom is -0.358 e. The van der Waals surface area contributed by atoms with Crippen LogP contribution in [0.3, 0.4) is 0 Å². The van der Waals surface area contributed by atoms with E-state index >= 15 is 0 Å². The summed E-state index contributed by atoms with van der Waals surface area (Å²) in [5, 5.41) is 1.33. The van der Waals surface area contributed by atoms with Crippen LogP contribution < -0.4 is 0 Å². The summed E-state index contributed by atoms with van der Waals surface area (Å²) >= 11 is 0. The molecule has 0 radical (unpaired) electrons. The summed E-state index contributed by atoms with van der Waals surface area (Å²) in [5.74, 6) is 0. The average molecular weight is 201 g/mol. The number of H-pyrrole nitrogens is 1. The van der Waals surface area contributed by atoms with E-state index in [-0.39, 0.29) is 5.41 Å². The molecule has 1 heterocycles. The van der Waals surface area contributed by atoms with Crippen molar-refractivity contribution in [3.05, 3.63) is 35.5 Å². The van der Waals surface area contributed by atoms with Crippen molar-refractivity contribution < 1.29 is 0 Å². The van der Waals surface area contributed by atoms with Crippen LogP contribution in [0, 0.1) is 0 Å². The van der Waals surface area contributed by atoms with Gasteiger partial charge in [0.25, 0.3) is 0 Å². The average Bonchev–Trinajstić information content (AvgIpc) is 2.59. The van der Waals surface area contributed by atoms with Crippen molar-refractivity contribution in [1.82, 2.24) is 4.98 Å². The third-order valence-electron chi connectivity index (χ3n) is 2.93. The molecular weight excluding hydrogens is 182 g/mol. The highest BCUT2D eigenvalue weighted by Gasteiger charge is 2.16. The van der Waals surface area contributed by atoms with Gasteiger partial charge in [-0.05, 0) is 23.4 Å². The highest BCUT2D eigenvalue weighted by Crippen LogP contribution is 2.27. The second-order valence-corrected chi connectivity index (χ2v) is 5.17. The number of hydrogen-bond donors (Lipinski definition) is 1. The van der Waals surface area contributed by atoms with Gasteiger partial charge in [0.2, 0.25) is 0 Å². The Morgan fingerprint density at radius 2 is 1.93 bits per heavy atom. The zero-order chi connectivity index (χ0) is 11.1. The second kappa shape index (κ2) is 3.41. The molecule has 0 atom stereocenters. The number of aromatic nitrogens is 1. The van der Waals surface area contributed by atoms with E-state index < -0.39 is 0 Å². The van der Waals surface area contributed by atoms with E-state index in [2.05, 4.69) is 56.9 Å². The van der Waals surface area contributed by atoms with Gasteiger partial charge >= 0.3 is 0 Å². The van der Waals surface area contributed by atoms with E-state index in [0.717, 1.165) is 6.42 Å². The molecule has 0 aliphatic heterocycles. The lowest BCUT2D eigenvalue weighted by Gasteiger charge is -2.15. The molecule has 1 heteroatoms. The summed E-state index contributed by atoms with van der Waals surface area (Å²) in [4.78, 5) is 3.56. The molecule has 0 aliphatic carbocycles. The molecule has 2 rings (SSSR count). The van der Waals surface area contributed by atoms with E-state index in [1.807, 2.05) is 0 Å². The Morgan fingerprint density at radius 3 is 2.53 bits per heavy atom. The number of hydrogen-bond acceptors (Lipinski definition) is 0. The zero-order valence-electron chi connectivity index (χ0n) is 10.0. The van der Waals surface area contributed by atoms with Crippen molar-refractivity contribution in [1.29, 1.82) is 0 Å². The molecule has 1 nitrogen and oxygen atoms in total. The Labute approximate surface area is 91.5 Å². The topological polar surface area (TPSA) is 15.8 Å². The second-order valence-electron chi connectivity index (χ2n) is 5.17. The first-order valence-corrected chi connectivity index (χ1v) is 5.63. The molecule has 0 bridgehead atoms. The Morgan fingerprint density at radius 1 is 1.20 bits per heavy atom. The summed E-state index contributed by atoms with van der Waals surface area (Å²) < 4.78 is 0. The number of para-hydroxylation sites is 1. The molecule has 0 spiro atoms. The summed E-state index contributed by atoms with van der Waals surface area (Å²) in [7, 11) is 0. The van der Waals surface area contributed by atoms with Crippen molar-refractivity contribution in [2.45, 2.75) is 39.5 Å². The van der Waals surface area contributed by atoms with E-state index in [1.54, 1.807) is 0 Å². The van der Waals surface area contributed by atoms with Crippen LogP contribution in [0.25, 0.3) is 10.9 Å². The molecule has 1 aromatic heterocycles. The van der Waals surface area contributed by atoms with E-state index in [9.17, 15) is 0 Å². The van der Waals surface area contributed by atoms with Gasteiger partial charge in [-0.2, -0.15) is 0 Å². The minimum atomic E-state index is 0.198. The monoisotopic (exact) mass is 201 g/mol. The number of aromatic amines is 1. The van der Waals surface area contributed by atoms with E-state index in [0.29, 0.717) is 0 Å². The largest absolute Gasteiger partial charge is 0.358 e. The first-order chi connectivity index (χ1) is 7.02. The van der Waals surface area contributed by atoms with Crippen LogP contribution in [0.15, 0.2) is 24.3 Å². The molecule has 15 heavy (non-hydrogen) atoms. The van der Waals surface area contributed by atoms with Gasteiger partial charge in [-0.15, -0.1) is 0 Å². The Bertz CT molecular complexity index is 472. The maximum atomic E-state index is 3.56. The van der Waals surface area contributed by atoms with Gasteiger partial charge < -0.3 is 4.98 Å². The standard InChI is InChI=1S/C14H19N/c1-5-10-7-6-8-11-9-12(14(2,3)4)15-13(10)11/h6-9,15H,5H2,1-4H3. The number of fused-ring (bicyclic) bond motifs is 1. The number of rotatable bonds is 1. The smallest absolute Gasteiger partial charge is 0.0488 e. The Kier molecular flexibility index (Phi) is 2.34. The molecule has 2 aromatic rings. The van der Waals surface area contributed by atoms with Gasteiger partial charge in [0.1, 0.15) is 0 Å². The number of aryl methyl sites for hydroxylation is 1. The van der Waals surface area contributed by atoms with Crippen molar-refractivity contribution in [2.75, 3.05) is 0 Å². The van der Waals surface area contributed by atoms with Gasteiger partial charge in [0.15, 0.2) is 0 Å². The maximum absolute atomic E-state index is 3.56.